The minimum absolute atomic E-state index is 0.0418. The van der Waals surface area contributed by atoms with Crippen molar-refractivity contribution in [3.63, 3.8) is 0 Å². The Kier molecular flexibility index (Phi) is 2.65. The van der Waals surface area contributed by atoms with Crippen molar-refractivity contribution in [3.05, 3.63) is 0 Å². The second-order valence-corrected chi connectivity index (χ2v) is 7.92. The third-order valence-corrected chi connectivity index (χ3v) is 7.31. The summed E-state index contributed by atoms with van der Waals surface area (Å²) in [5.74, 6) is 0. The van der Waals surface area contributed by atoms with E-state index in [1.807, 2.05) is 34.6 Å². The monoisotopic (exact) mass is 236 g/mol. The average Bonchev–Trinajstić information content (AvgIpc) is 2.53. The maximum absolute atomic E-state index is 5.96. The molecule has 0 bridgehead atoms. The molecule has 5 heteroatoms. The molecule has 90 valence electrons. The van der Waals surface area contributed by atoms with Crippen molar-refractivity contribution in [2.24, 2.45) is 0 Å². The van der Waals surface area contributed by atoms with Gasteiger partial charge in [0.25, 0.3) is 0 Å². The number of rotatable bonds is 1. The quantitative estimate of drug-likeness (QED) is 0.656. The molecule has 0 amide bonds. The van der Waals surface area contributed by atoms with Crippen LogP contribution in [0, 0.1) is 0 Å². The number of hydrogen-bond donors (Lipinski definition) is 0. The first-order valence-corrected chi connectivity index (χ1v) is 7.77. The Morgan fingerprint density at radius 3 is 1.20 bits per heavy atom. The van der Waals surface area contributed by atoms with Crippen LogP contribution in [0.25, 0.3) is 0 Å². The molecule has 0 saturated carbocycles. The first kappa shape index (κ1) is 11.7. The van der Waals surface area contributed by atoms with Crippen LogP contribution in [0.5, 0.6) is 0 Å². The molecule has 15 heavy (non-hydrogen) atoms. The van der Waals surface area contributed by atoms with Crippen LogP contribution >= 0.6 is 7.51 Å². The summed E-state index contributed by atoms with van der Waals surface area (Å²) < 4.78 is 23.9. The van der Waals surface area contributed by atoms with Crippen LogP contribution in [0.2, 0.25) is 0 Å². The van der Waals surface area contributed by atoms with Crippen molar-refractivity contribution in [1.82, 2.24) is 0 Å². The van der Waals surface area contributed by atoms with E-state index >= 15 is 0 Å². The summed E-state index contributed by atoms with van der Waals surface area (Å²) in [6.07, 6.45) is 0.829. The maximum atomic E-state index is 5.96. The van der Waals surface area contributed by atoms with Gasteiger partial charge < -0.3 is 0 Å². The molecule has 4 atom stereocenters. The molecule has 2 fully saturated rings. The van der Waals surface area contributed by atoms with E-state index in [-0.39, 0.29) is 24.4 Å². The minimum atomic E-state index is -3.22. The summed E-state index contributed by atoms with van der Waals surface area (Å²) in [5.41, 5.74) is 0. The van der Waals surface area contributed by atoms with Crippen LogP contribution in [0.4, 0.5) is 0 Å². The molecular weight excluding hydrogens is 215 g/mol. The van der Waals surface area contributed by atoms with Crippen LogP contribution < -0.4 is 0 Å². The second kappa shape index (κ2) is 3.38. The Bertz CT molecular complexity index is 219. The van der Waals surface area contributed by atoms with Gasteiger partial charge in [0.1, 0.15) is 0 Å². The van der Waals surface area contributed by atoms with Crippen LogP contribution in [0.1, 0.15) is 34.6 Å². The van der Waals surface area contributed by atoms with Gasteiger partial charge in [0.15, 0.2) is 0 Å². The molecule has 2 aliphatic heterocycles. The standard InChI is InChI=1S/C10H21O4P/c1-6-15(11-7(2)8(3)12-15)13-9(4)10(5)14-15/h7-10H,6H2,1-5H3. The second-order valence-electron chi connectivity index (χ2n) is 4.52. The Morgan fingerprint density at radius 2 is 1.00 bits per heavy atom. The van der Waals surface area contributed by atoms with Crippen LogP contribution in [-0.2, 0) is 18.1 Å². The van der Waals surface area contributed by atoms with E-state index in [2.05, 4.69) is 0 Å². The van der Waals surface area contributed by atoms with E-state index in [0.717, 1.165) is 0 Å². The topological polar surface area (TPSA) is 36.9 Å². The van der Waals surface area contributed by atoms with Gasteiger partial charge >= 0.3 is 90.8 Å². The van der Waals surface area contributed by atoms with Crippen molar-refractivity contribution >= 4 is 7.51 Å². The molecule has 2 heterocycles. The zero-order chi connectivity index (χ0) is 11.3. The Hall–Kier alpha value is 0.270. The molecule has 2 saturated heterocycles. The van der Waals surface area contributed by atoms with Crippen LogP contribution in [-0.4, -0.2) is 30.6 Å². The predicted octanol–water partition coefficient (Wildman–Crippen LogP) is 2.87. The van der Waals surface area contributed by atoms with Crippen molar-refractivity contribution in [1.29, 1.82) is 0 Å². The fraction of sp³-hybridized carbons (Fsp3) is 1.00. The molecule has 4 unspecified atom stereocenters. The van der Waals surface area contributed by atoms with E-state index in [0.29, 0.717) is 6.16 Å². The Balaban J connectivity index is 2.30. The van der Waals surface area contributed by atoms with Gasteiger partial charge in [0.2, 0.25) is 0 Å². The van der Waals surface area contributed by atoms with E-state index < -0.39 is 7.51 Å². The van der Waals surface area contributed by atoms with Gasteiger partial charge in [-0.2, -0.15) is 0 Å². The summed E-state index contributed by atoms with van der Waals surface area (Å²) in [6.45, 7) is 10.0. The van der Waals surface area contributed by atoms with Gasteiger partial charge in [-0.05, 0) is 0 Å². The molecule has 0 aromatic heterocycles. The zero-order valence-corrected chi connectivity index (χ0v) is 11.0. The van der Waals surface area contributed by atoms with E-state index in [4.69, 9.17) is 18.1 Å². The third kappa shape index (κ3) is 1.63. The van der Waals surface area contributed by atoms with Gasteiger partial charge in [-0.1, -0.05) is 0 Å². The van der Waals surface area contributed by atoms with Crippen molar-refractivity contribution in [3.8, 4) is 0 Å². The van der Waals surface area contributed by atoms with Gasteiger partial charge in [-0.15, -0.1) is 0 Å². The molecule has 0 aromatic rings. The fourth-order valence-electron chi connectivity index (χ4n) is 2.07. The molecule has 0 N–H and O–H groups in total. The summed E-state index contributed by atoms with van der Waals surface area (Å²) in [6, 6.07) is 0. The third-order valence-electron chi connectivity index (χ3n) is 3.32. The molecule has 0 aromatic carbocycles. The van der Waals surface area contributed by atoms with Crippen molar-refractivity contribution in [2.45, 2.75) is 59.0 Å². The van der Waals surface area contributed by atoms with Crippen LogP contribution in [0.3, 0.4) is 0 Å². The summed E-state index contributed by atoms with van der Waals surface area (Å²) in [7, 11) is -3.22. The summed E-state index contributed by atoms with van der Waals surface area (Å²) in [5, 5.41) is 0. The molecule has 2 aliphatic rings. The van der Waals surface area contributed by atoms with Crippen molar-refractivity contribution < 1.29 is 18.1 Å². The van der Waals surface area contributed by atoms with Gasteiger partial charge in [0.05, 0.1) is 0 Å². The molecule has 2 rings (SSSR count). The SMILES string of the molecule is CCP12(OC(C)C(C)O1)OC(C)C(C)O2. The molecule has 4 nitrogen and oxygen atoms in total. The normalized spacial score (nSPS) is 50.3. The predicted molar refractivity (Wildman–Crippen MR) is 59.6 cm³/mol. The molecular formula is C10H21O4P. The first-order valence-electron chi connectivity index (χ1n) is 5.67. The first-order chi connectivity index (χ1) is 6.90. The summed E-state index contributed by atoms with van der Waals surface area (Å²) >= 11 is 0. The van der Waals surface area contributed by atoms with Gasteiger partial charge in [-0.25, -0.2) is 0 Å². The summed E-state index contributed by atoms with van der Waals surface area (Å²) in [4.78, 5) is 0. The van der Waals surface area contributed by atoms with Crippen LogP contribution in [0.15, 0.2) is 0 Å². The van der Waals surface area contributed by atoms with Gasteiger partial charge in [-0.3, -0.25) is 0 Å². The average molecular weight is 236 g/mol. The van der Waals surface area contributed by atoms with E-state index in [1.165, 1.54) is 0 Å². The Labute approximate surface area is 91.5 Å². The zero-order valence-electron chi connectivity index (χ0n) is 10.1. The van der Waals surface area contributed by atoms with Crippen molar-refractivity contribution in [2.75, 3.05) is 6.16 Å². The van der Waals surface area contributed by atoms with E-state index in [1.54, 1.807) is 0 Å². The van der Waals surface area contributed by atoms with E-state index in [9.17, 15) is 0 Å². The molecule has 0 radical (unpaired) electrons. The molecule has 0 aliphatic carbocycles. The molecule has 1 spiro atoms. The van der Waals surface area contributed by atoms with Gasteiger partial charge in [0, 0.05) is 0 Å². The fourth-order valence-corrected chi connectivity index (χ4v) is 6.22. The number of hydrogen-bond acceptors (Lipinski definition) is 4. The Morgan fingerprint density at radius 1 is 0.733 bits per heavy atom.